The van der Waals surface area contributed by atoms with Crippen molar-refractivity contribution in [1.82, 2.24) is 5.32 Å². The number of hydrogen-bond acceptors (Lipinski definition) is 4. The van der Waals surface area contributed by atoms with E-state index in [-0.39, 0.29) is 22.8 Å². The van der Waals surface area contributed by atoms with Crippen LogP contribution in [0, 0.1) is 12.7 Å². The van der Waals surface area contributed by atoms with E-state index < -0.39 is 26.8 Å². The molecule has 0 fully saturated rings. The van der Waals surface area contributed by atoms with Gasteiger partial charge >= 0.3 is 0 Å². The normalized spacial score (nSPS) is 12.5. The summed E-state index contributed by atoms with van der Waals surface area (Å²) in [5.41, 5.74) is 0.778. The number of halogens is 1. The molecule has 0 aliphatic heterocycles. The fraction of sp³-hybridized carbons (Fsp3) is 0.150. The molecule has 1 atom stereocenters. The summed E-state index contributed by atoms with van der Waals surface area (Å²) < 4.78 is 45.2. The summed E-state index contributed by atoms with van der Waals surface area (Å²) in [6, 6.07) is 15.0. The molecule has 1 heterocycles. The zero-order valence-electron chi connectivity index (χ0n) is 14.6. The lowest BCUT2D eigenvalue weighted by molar-refractivity contribution is 0.0949. The monoisotopic (exact) mass is 387 g/mol. The second-order valence-corrected chi connectivity index (χ2v) is 8.18. The Bertz CT molecular complexity index is 1030. The molecule has 1 aromatic heterocycles. The van der Waals surface area contributed by atoms with Crippen LogP contribution in [0.1, 0.15) is 26.9 Å². The van der Waals surface area contributed by atoms with Gasteiger partial charge in [-0.25, -0.2) is 12.8 Å². The molecule has 0 radical (unpaired) electrons. The molecule has 1 N–H and O–H groups in total. The van der Waals surface area contributed by atoms with Crippen LogP contribution in [0.25, 0.3) is 0 Å². The molecule has 0 bridgehead atoms. The third kappa shape index (κ3) is 4.09. The van der Waals surface area contributed by atoms with Crippen molar-refractivity contribution in [3.8, 4) is 0 Å². The molecule has 0 aliphatic rings. The maximum atomic E-state index is 13.8. The Morgan fingerprint density at radius 1 is 1.07 bits per heavy atom. The lowest BCUT2D eigenvalue weighted by Gasteiger charge is -2.17. The van der Waals surface area contributed by atoms with Gasteiger partial charge in [0, 0.05) is 6.54 Å². The molecular weight excluding hydrogens is 369 g/mol. The van der Waals surface area contributed by atoms with Gasteiger partial charge in [-0.15, -0.1) is 0 Å². The van der Waals surface area contributed by atoms with E-state index in [2.05, 4.69) is 5.32 Å². The van der Waals surface area contributed by atoms with Gasteiger partial charge in [-0.1, -0.05) is 29.8 Å². The van der Waals surface area contributed by atoms with E-state index in [1.54, 1.807) is 18.2 Å². The predicted molar refractivity (Wildman–Crippen MR) is 98.5 cm³/mol. The summed E-state index contributed by atoms with van der Waals surface area (Å²) >= 11 is 0. The Morgan fingerprint density at radius 2 is 1.78 bits per heavy atom. The number of sulfone groups is 1. The van der Waals surface area contributed by atoms with Crippen LogP contribution < -0.4 is 5.32 Å². The van der Waals surface area contributed by atoms with Gasteiger partial charge in [0.15, 0.2) is 9.84 Å². The minimum absolute atomic E-state index is 0.120. The molecule has 7 heteroatoms. The van der Waals surface area contributed by atoms with E-state index in [1.807, 2.05) is 6.92 Å². The van der Waals surface area contributed by atoms with Gasteiger partial charge in [0.25, 0.3) is 5.91 Å². The van der Waals surface area contributed by atoms with Crippen molar-refractivity contribution in [2.75, 3.05) is 6.54 Å². The molecule has 27 heavy (non-hydrogen) atoms. The maximum Gasteiger partial charge on any atom is 0.254 e. The quantitative estimate of drug-likeness (QED) is 0.700. The molecule has 3 aromatic rings. The molecule has 5 nitrogen and oxygen atoms in total. The van der Waals surface area contributed by atoms with Crippen molar-refractivity contribution in [3.05, 3.63) is 89.6 Å². The summed E-state index contributed by atoms with van der Waals surface area (Å²) in [4.78, 5) is 12.4. The fourth-order valence-corrected chi connectivity index (χ4v) is 4.24. The Balaban J connectivity index is 1.88. The zero-order chi connectivity index (χ0) is 19.4. The third-order valence-electron chi connectivity index (χ3n) is 4.15. The highest BCUT2D eigenvalue weighted by Gasteiger charge is 2.32. The van der Waals surface area contributed by atoms with Crippen LogP contribution >= 0.6 is 0 Å². The van der Waals surface area contributed by atoms with Crippen molar-refractivity contribution in [2.45, 2.75) is 17.1 Å². The summed E-state index contributed by atoms with van der Waals surface area (Å²) in [6.07, 6.45) is 1.37. The SMILES string of the molecule is Cc1ccc(S(=O)(=O)[C@@H](CNC(=O)c2ccccc2F)c2ccco2)cc1. The van der Waals surface area contributed by atoms with E-state index in [4.69, 9.17) is 4.42 Å². The largest absolute Gasteiger partial charge is 0.468 e. The average Bonchev–Trinajstić information content (AvgIpc) is 3.16. The molecule has 3 rings (SSSR count). The van der Waals surface area contributed by atoms with Crippen molar-refractivity contribution in [3.63, 3.8) is 0 Å². The number of aryl methyl sites for hydroxylation is 1. The highest BCUT2D eigenvalue weighted by Crippen LogP contribution is 2.29. The zero-order valence-corrected chi connectivity index (χ0v) is 15.4. The number of carbonyl (C=O) groups is 1. The average molecular weight is 387 g/mol. The summed E-state index contributed by atoms with van der Waals surface area (Å²) in [5, 5.41) is 1.36. The maximum absolute atomic E-state index is 13.8. The number of nitrogens with one attached hydrogen (secondary N) is 1. The van der Waals surface area contributed by atoms with Gasteiger partial charge in [-0.2, -0.15) is 0 Å². The van der Waals surface area contributed by atoms with Gasteiger partial charge in [0.05, 0.1) is 16.7 Å². The molecular formula is C20H18FNO4S. The fourth-order valence-electron chi connectivity index (χ4n) is 2.66. The van der Waals surface area contributed by atoms with Crippen molar-refractivity contribution < 1.29 is 22.0 Å². The first-order valence-electron chi connectivity index (χ1n) is 8.26. The van der Waals surface area contributed by atoms with E-state index >= 15 is 0 Å². The minimum atomic E-state index is -3.83. The van der Waals surface area contributed by atoms with Crippen molar-refractivity contribution >= 4 is 15.7 Å². The minimum Gasteiger partial charge on any atom is -0.468 e. The van der Waals surface area contributed by atoms with Crippen LogP contribution in [0.4, 0.5) is 4.39 Å². The Labute approximate surface area is 156 Å². The summed E-state index contributed by atoms with van der Waals surface area (Å²) in [6.45, 7) is 1.60. The first-order valence-corrected chi connectivity index (χ1v) is 9.81. The highest BCUT2D eigenvalue weighted by molar-refractivity contribution is 7.91. The predicted octanol–water partition coefficient (Wildman–Crippen LogP) is 3.67. The van der Waals surface area contributed by atoms with Crippen molar-refractivity contribution in [1.29, 1.82) is 0 Å². The van der Waals surface area contributed by atoms with Gasteiger partial charge in [0.1, 0.15) is 16.8 Å². The lowest BCUT2D eigenvalue weighted by Crippen LogP contribution is -2.32. The topological polar surface area (TPSA) is 76.4 Å². The summed E-state index contributed by atoms with van der Waals surface area (Å²) in [5.74, 6) is -1.17. The number of hydrogen-bond donors (Lipinski definition) is 1. The van der Waals surface area contributed by atoms with E-state index in [0.29, 0.717) is 0 Å². The number of furan rings is 1. The molecule has 0 saturated carbocycles. The molecule has 1 amide bonds. The Kier molecular flexibility index (Phi) is 5.41. The van der Waals surface area contributed by atoms with Gasteiger partial charge in [-0.05, 0) is 43.3 Å². The van der Waals surface area contributed by atoms with Gasteiger partial charge in [-0.3, -0.25) is 4.79 Å². The van der Waals surface area contributed by atoms with Crippen LogP contribution in [0.15, 0.2) is 76.2 Å². The molecule has 0 saturated heterocycles. The van der Waals surface area contributed by atoms with Crippen LogP contribution in [-0.4, -0.2) is 20.9 Å². The Morgan fingerprint density at radius 3 is 2.41 bits per heavy atom. The molecule has 2 aromatic carbocycles. The standard InChI is InChI=1S/C20H18FNO4S/c1-14-8-10-15(11-9-14)27(24,25)19(18-7-4-12-26-18)13-22-20(23)16-5-2-3-6-17(16)21/h2-12,19H,13H2,1H3,(H,22,23)/t19-/m0/s1. The van der Waals surface area contributed by atoms with E-state index in [9.17, 15) is 17.6 Å². The molecule has 140 valence electrons. The van der Waals surface area contributed by atoms with E-state index in [1.165, 1.54) is 48.7 Å². The second-order valence-electron chi connectivity index (χ2n) is 6.05. The first-order chi connectivity index (χ1) is 12.9. The smallest absolute Gasteiger partial charge is 0.254 e. The number of rotatable bonds is 6. The first kappa shape index (κ1) is 18.8. The Hall–Kier alpha value is -2.93. The van der Waals surface area contributed by atoms with Crippen molar-refractivity contribution in [2.24, 2.45) is 0 Å². The summed E-state index contributed by atoms with van der Waals surface area (Å²) in [7, 11) is -3.83. The van der Waals surface area contributed by atoms with Gasteiger partial charge in [0.2, 0.25) is 0 Å². The number of carbonyl (C=O) groups excluding carboxylic acids is 1. The van der Waals surface area contributed by atoms with Gasteiger partial charge < -0.3 is 9.73 Å². The van der Waals surface area contributed by atoms with Crippen LogP contribution in [-0.2, 0) is 9.84 Å². The molecule has 0 unspecified atom stereocenters. The van der Waals surface area contributed by atoms with E-state index in [0.717, 1.165) is 5.56 Å². The third-order valence-corrected chi connectivity index (χ3v) is 6.23. The van der Waals surface area contributed by atoms with Crippen LogP contribution in [0.3, 0.4) is 0 Å². The van der Waals surface area contributed by atoms with Crippen LogP contribution in [0.2, 0.25) is 0 Å². The number of benzene rings is 2. The molecule has 0 spiro atoms. The van der Waals surface area contributed by atoms with Crippen LogP contribution in [0.5, 0.6) is 0 Å². The number of amides is 1. The second kappa shape index (κ2) is 7.75. The molecule has 0 aliphatic carbocycles. The highest BCUT2D eigenvalue weighted by atomic mass is 32.2. The lowest BCUT2D eigenvalue weighted by atomic mass is 10.2.